The summed E-state index contributed by atoms with van der Waals surface area (Å²) in [6.45, 7) is 5.63. The van der Waals surface area contributed by atoms with Crippen LogP contribution < -0.4 is 10.2 Å². The number of esters is 1. The molecule has 1 aliphatic rings. The SMILES string of the molecule is CCCOC(=O)c1ccccc1N1C(=O)C(Nc2ccccc2F)=C(Sc2nc(C)cc(C)n2)C1=O. The average molecular weight is 507 g/mol. The summed E-state index contributed by atoms with van der Waals surface area (Å²) >= 11 is 0.895. The van der Waals surface area contributed by atoms with Gasteiger partial charge >= 0.3 is 5.97 Å². The Morgan fingerprint density at radius 1 is 1.03 bits per heavy atom. The zero-order valence-corrected chi connectivity index (χ0v) is 20.7. The maximum Gasteiger partial charge on any atom is 0.340 e. The number of imide groups is 1. The molecule has 0 saturated carbocycles. The molecular weight excluding hydrogens is 483 g/mol. The Balaban J connectivity index is 1.79. The summed E-state index contributed by atoms with van der Waals surface area (Å²) in [6, 6.07) is 13.8. The first kappa shape index (κ1) is 25.1. The molecule has 10 heteroatoms. The van der Waals surface area contributed by atoms with Crippen molar-refractivity contribution in [2.75, 3.05) is 16.8 Å². The van der Waals surface area contributed by atoms with Crippen LogP contribution in [0.3, 0.4) is 0 Å². The Labute approximate surface area is 211 Å². The number of carbonyl (C=O) groups excluding carboxylic acids is 3. The van der Waals surface area contributed by atoms with E-state index in [4.69, 9.17) is 4.74 Å². The zero-order valence-electron chi connectivity index (χ0n) is 19.9. The molecule has 0 radical (unpaired) electrons. The Hall–Kier alpha value is -4.05. The molecule has 36 heavy (non-hydrogen) atoms. The van der Waals surface area contributed by atoms with Crippen molar-refractivity contribution in [1.82, 2.24) is 9.97 Å². The van der Waals surface area contributed by atoms with Gasteiger partial charge in [0.1, 0.15) is 16.4 Å². The third kappa shape index (κ3) is 5.13. The van der Waals surface area contributed by atoms with E-state index < -0.39 is 23.6 Å². The van der Waals surface area contributed by atoms with Gasteiger partial charge < -0.3 is 10.1 Å². The summed E-state index contributed by atoms with van der Waals surface area (Å²) in [7, 11) is 0. The van der Waals surface area contributed by atoms with E-state index in [9.17, 15) is 18.8 Å². The fourth-order valence-corrected chi connectivity index (χ4v) is 4.56. The summed E-state index contributed by atoms with van der Waals surface area (Å²) in [4.78, 5) is 49.5. The molecule has 0 unspecified atom stereocenters. The maximum atomic E-state index is 14.4. The lowest BCUT2D eigenvalue weighted by molar-refractivity contribution is -0.120. The van der Waals surface area contributed by atoms with E-state index in [1.165, 1.54) is 30.3 Å². The first-order valence-electron chi connectivity index (χ1n) is 11.2. The highest BCUT2D eigenvalue weighted by atomic mass is 32.2. The number of carbonyl (C=O) groups is 3. The first-order valence-corrected chi connectivity index (χ1v) is 12.0. The molecule has 3 aromatic rings. The molecule has 1 N–H and O–H groups in total. The predicted octanol–water partition coefficient (Wildman–Crippen LogP) is 4.79. The number of hydrogen-bond donors (Lipinski definition) is 1. The normalized spacial score (nSPS) is 13.4. The summed E-state index contributed by atoms with van der Waals surface area (Å²) in [5.74, 6) is -2.69. The van der Waals surface area contributed by atoms with E-state index in [1.54, 1.807) is 38.1 Å². The van der Waals surface area contributed by atoms with Crippen LogP contribution in [0.1, 0.15) is 35.1 Å². The monoisotopic (exact) mass is 506 g/mol. The Morgan fingerprint density at radius 2 is 1.69 bits per heavy atom. The smallest absolute Gasteiger partial charge is 0.340 e. The van der Waals surface area contributed by atoms with Gasteiger partial charge in [0.25, 0.3) is 11.8 Å². The highest BCUT2D eigenvalue weighted by Crippen LogP contribution is 2.38. The van der Waals surface area contributed by atoms with Crippen LogP contribution in [0.2, 0.25) is 0 Å². The molecule has 8 nitrogen and oxygen atoms in total. The van der Waals surface area contributed by atoms with E-state index >= 15 is 0 Å². The molecule has 1 aromatic heterocycles. The molecule has 1 aliphatic heterocycles. The average Bonchev–Trinajstić information content (AvgIpc) is 3.07. The van der Waals surface area contributed by atoms with Crippen LogP contribution in [-0.2, 0) is 14.3 Å². The molecule has 0 bridgehead atoms. The molecule has 0 spiro atoms. The lowest BCUT2D eigenvalue weighted by atomic mass is 10.1. The summed E-state index contributed by atoms with van der Waals surface area (Å²) < 4.78 is 19.7. The number of rotatable bonds is 8. The third-order valence-electron chi connectivity index (χ3n) is 5.13. The molecule has 0 fully saturated rings. The van der Waals surface area contributed by atoms with Gasteiger partial charge in [-0.25, -0.2) is 24.1 Å². The largest absolute Gasteiger partial charge is 0.462 e. The third-order valence-corrected chi connectivity index (χ3v) is 6.08. The summed E-state index contributed by atoms with van der Waals surface area (Å²) in [6.07, 6.45) is 0.616. The van der Waals surface area contributed by atoms with Gasteiger partial charge in [-0.1, -0.05) is 31.2 Å². The molecule has 4 rings (SSSR count). The minimum atomic E-state index is -0.745. The van der Waals surface area contributed by atoms with Crippen molar-refractivity contribution >= 4 is 40.9 Å². The van der Waals surface area contributed by atoms with E-state index in [0.29, 0.717) is 17.8 Å². The fourth-order valence-electron chi connectivity index (χ4n) is 3.57. The van der Waals surface area contributed by atoms with Crippen LogP contribution in [0.25, 0.3) is 0 Å². The highest BCUT2D eigenvalue weighted by molar-refractivity contribution is 8.04. The molecule has 184 valence electrons. The number of thioether (sulfide) groups is 1. The van der Waals surface area contributed by atoms with E-state index in [0.717, 1.165) is 16.7 Å². The van der Waals surface area contributed by atoms with Crippen molar-refractivity contribution in [2.45, 2.75) is 32.3 Å². The van der Waals surface area contributed by atoms with Crippen molar-refractivity contribution in [3.05, 3.63) is 88.0 Å². The van der Waals surface area contributed by atoms with Crippen LogP contribution >= 0.6 is 11.8 Å². The second-order valence-electron chi connectivity index (χ2n) is 7.94. The van der Waals surface area contributed by atoms with Crippen LogP contribution in [0, 0.1) is 19.7 Å². The van der Waals surface area contributed by atoms with Gasteiger partial charge in [0.15, 0.2) is 5.16 Å². The fraction of sp³-hybridized carbons (Fsp3) is 0.192. The first-order chi connectivity index (χ1) is 17.3. The van der Waals surface area contributed by atoms with Crippen LogP contribution in [0.15, 0.2) is 70.4 Å². The number of amides is 2. The number of nitrogens with one attached hydrogen (secondary N) is 1. The van der Waals surface area contributed by atoms with Gasteiger partial charge in [-0.3, -0.25) is 9.59 Å². The molecule has 0 saturated heterocycles. The Bertz CT molecular complexity index is 1370. The number of nitrogens with zero attached hydrogens (tertiary/aromatic N) is 3. The van der Waals surface area contributed by atoms with Crippen molar-refractivity contribution in [3.63, 3.8) is 0 Å². The zero-order chi connectivity index (χ0) is 25.8. The number of anilines is 2. The van der Waals surface area contributed by atoms with Crippen molar-refractivity contribution in [2.24, 2.45) is 0 Å². The van der Waals surface area contributed by atoms with E-state index in [2.05, 4.69) is 15.3 Å². The Kier molecular flexibility index (Phi) is 7.44. The second kappa shape index (κ2) is 10.7. The quantitative estimate of drug-likeness (QED) is 0.264. The van der Waals surface area contributed by atoms with Gasteiger partial charge in [0, 0.05) is 11.4 Å². The lowest BCUT2D eigenvalue weighted by Crippen LogP contribution is -2.34. The van der Waals surface area contributed by atoms with Gasteiger partial charge in [-0.15, -0.1) is 0 Å². The standard InChI is InChI=1S/C26H23FN4O4S/c1-4-13-35-25(34)17-9-5-8-12-20(17)31-23(32)21(30-19-11-7-6-10-18(19)27)22(24(31)33)36-26-28-15(2)14-16(3)29-26/h5-12,14,30H,4,13H2,1-3H3. The Morgan fingerprint density at radius 3 is 2.39 bits per heavy atom. The van der Waals surface area contributed by atoms with E-state index in [1.807, 2.05) is 6.92 Å². The molecule has 0 atom stereocenters. The second-order valence-corrected chi connectivity index (χ2v) is 8.92. The van der Waals surface area contributed by atoms with Gasteiger partial charge in [0.05, 0.1) is 23.5 Å². The summed E-state index contributed by atoms with van der Waals surface area (Å²) in [5.41, 5.74) is 1.38. The molecule has 2 aromatic carbocycles. The number of benzene rings is 2. The van der Waals surface area contributed by atoms with Gasteiger partial charge in [0.2, 0.25) is 0 Å². The van der Waals surface area contributed by atoms with E-state index in [-0.39, 0.29) is 39.3 Å². The molecule has 0 aliphatic carbocycles. The predicted molar refractivity (Wildman–Crippen MR) is 134 cm³/mol. The maximum absolute atomic E-state index is 14.4. The topological polar surface area (TPSA) is 101 Å². The number of aromatic nitrogens is 2. The number of hydrogen-bond acceptors (Lipinski definition) is 8. The van der Waals surface area contributed by atoms with Crippen molar-refractivity contribution < 1.29 is 23.5 Å². The van der Waals surface area contributed by atoms with Gasteiger partial charge in [-0.05, 0) is 62.4 Å². The molecular formula is C26H23FN4O4S. The van der Waals surface area contributed by atoms with Crippen molar-refractivity contribution in [1.29, 1.82) is 0 Å². The summed E-state index contributed by atoms with van der Waals surface area (Å²) in [5, 5.41) is 3.03. The number of aryl methyl sites for hydroxylation is 2. The lowest BCUT2D eigenvalue weighted by Gasteiger charge is -2.18. The van der Waals surface area contributed by atoms with Crippen LogP contribution in [0.5, 0.6) is 0 Å². The number of para-hydroxylation sites is 2. The van der Waals surface area contributed by atoms with Crippen LogP contribution in [0.4, 0.5) is 15.8 Å². The van der Waals surface area contributed by atoms with Crippen LogP contribution in [-0.4, -0.2) is 34.4 Å². The van der Waals surface area contributed by atoms with Gasteiger partial charge in [-0.2, -0.15) is 0 Å². The number of ether oxygens (including phenoxy) is 1. The van der Waals surface area contributed by atoms with Crippen molar-refractivity contribution in [3.8, 4) is 0 Å². The highest BCUT2D eigenvalue weighted by Gasteiger charge is 2.42. The minimum absolute atomic E-state index is 0.0191. The molecule has 2 heterocycles. The molecule has 2 amide bonds. The number of halogens is 1. The minimum Gasteiger partial charge on any atom is -0.462 e.